The summed E-state index contributed by atoms with van der Waals surface area (Å²) >= 11 is 0. The molecule has 0 saturated heterocycles. The van der Waals surface area contributed by atoms with Crippen LogP contribution in [-0.4, -0.2) is 96.7 Å². The van der Waals surface area contributed by atoms with E-state index in [0.29, 0.717) is 25.7 Å². The van der Waals surface area contributed by atoms with E-state index in [-0.39, 0.29) is 25.7 Å². The van der Waals surface area contributed by atoms with E-state index in [1.54, 1.807) is 0 Å². The maximum absolute atomic E-state index is 13.1. The van der Waals surface area contributed by atoms with Crippen molar-refractivity contribution >= 4 is 39.5 Å². The molecular formula is C80H156O17P2. The van der Waals surface area contributed by atoms with Crippen LogP contribution in [0.25, 0.3) is 0 Å². The van der Waals surface area contributed by atoms with E-state index < -0.39 is 97.5 Å². The maximum atomic E-state index is 13.1. The lowest BCUT2D eigenvalue weighted by atomic mass is 9.99. The summed E-state index contributed by atoms with van der Waals surface area (Å²) in [5.41, 5.74) is 0. The first kappa shape index (κ1) is 97.1. The van der Waals surface area contributed by atoms with Crippen LogP contribution in [0.1, 0.15) is 414 Å². The molecule has 0 aromatic carbocycles. The largest absolute Gasteiger partial charge is 0.472 e. The Kier molecular flexibility index (Phi) is 69.0. The van der Waals surface area contributed by atoms with Crippen LogP contribution in [0.4, 0.5) is 0 Å². The standard InChI is InChI=1S/C80H156O17P2/c1-8-10-11-12-13-14-24-33-40-47-54-61-77(82)90-68-76(97-80(85)64-57-50-43-36-29-31-38-45-52-59-72(5)6)70-95-99(88,89)93-66-74(81)65-92-98(86,87)94-69-75(96-79(84)63-56-49-42-35-28-23-17-15-16-20-25-30-37-44-51-58-71(3)4)67-91-78(83)62-55-48-41-34-27-22-19-18-21-26-32-39-46-53-60-73(7)9-2/h71-76,81H,8-70H2,1-7H3,(H,86,87)(H,88,89)/t73?,74-,75-,76-/m1/s1. The second-order valence-corrected chi connectivity index (χ2v) is 32.9. The highest BCUT2D eigenvalue weighted by atomic mass is 31.2. The Labute approximate surface area is 607 Å². The zero-order valence-corrected chi connectivity index (χ0v) is 66.8. The fraction of sp³-hybridized carbons (Fsp3) is 0.950. The molecule has 0 bridgehead atoms. The van der Waals surface area contributed by atoms with Gasteiger partial charge >= 0.3 is 39.5 Å². The van der Waals surface area contributed by atoms with Gasteiger partial charge in [0.2, 0.25) is 0 Å². The van der Waals surface area contributed by atoms with Crippen molar-refractivity contribution in [3.8, 4) is 0 Å². The molecule has 0 heterocycles. The van der Waals surface area contributed by atoms with E-state index in [9.17, 15) is 43.2 Å². The third kappa shape index (κ3) is 72.8. The molecule has 0 spiro atoms. The van der Waals surface area contributed by atoms with Crippen molar-refractivity contribution in [3.63, 3.8) is 0 Å². The number of phosphoric ester groups is 2. The van der Waals surface area contributed by atoms with Crippen LogP contribution in [0.5, 0.6) is 0 Å². The SMILES string of the molecule is CCCCCCCCCCCCCC(=O)OC[C@H](COP(=O)(O)OC[C@H](O)COP(=O)(O)OC[C@@H](COC(=O)CCCCCCCCCCCCCCCCC(C)CC)OC(=O)CCCCCCCCCCCCCCCCCC(C)C)OC(=O)CCCCCCCCCCCC(C)C. The van der Waals surface area contributed by atoms with Gasteiger partial charge in [-0.2, -0.15) is 0 Å². The van der Waals surface area contributed by atoms with Crippen molar-refractivity contribution in [2.24, 2.45) is 17.8 Å². The summed E-state index contributed by atoms with van der Waals surface area (Å²) in [6.07, 6.45) is 58.1. The Bertz CT molecular complexity index is 1920. The first-order valence-corrected chi connectivity index (χ1v) is 44.4. The van der Waals surface area contributed by atoms with E-state index >= 15 is 0 Å². The fourth-order valence-corrected chi connectivity index (χ4v) is 13.9. The van der Waals surface area contributed by atoms with Gasteiger partial charge in [-0.15, -0.1) is 0 Å². The summed E-state index contributed by atoms with van der Waals surface area (Å²) in [5.74, 6) is 0.277. The quantitative estimate of drug-likeness (QED) is 0.0222. The smallest absolute Gasteiger partial charge is 0.462 e. The Hall–Kier alpha value is -1.94. The van der Waals surface area contributed by atoms with Crippen molar-refractivity contribution < 1.29 is 80.2 Å². The fourth-order valence-electron chi connectivity index (χ4n) is 12.3. The molecular weight excluding hydrogens is 1290 g/mol. The molecule has 19 heteroatoms. The zero-order chi connectivity index (χ0) is 73.0. The molecule has 3 N–H and O–H groups in total. The number of unbranched alkanes of at least 4 members (excludes halogenated alkanes) is 45. The van der Waals surface area contributed by atoms with Gasteiger partial charge in [0, 0.05) is 25.7 Å². The van der Waals surface area contributed by atoms with Gasteiger partial charge in [-0.1, -0.05) is 363 Å². The average molecular weight is 1450 g/mol. The number of hydrogen-bond donors (Lipinski definition) is 3. The van der Waals surface area contributed by atoms with E-state index in [2.05, 4.69) is 48.5 Å². The highest BCUT2D eigenvalue weighted by Crippen LogP contribution is 2.45. The highest BCUT2D eigenvalue weighted by Gasteiger charge is 2.30. The van der Waals surface area contributed by atoms with E-state index in [0.717, 1.165) is 108 Å². The molecule has 17 nitrogen and oxygen atoms in total. The molecule has 6 atom stereocenters. The number of aliphatic hydroxyl groups is 1. The summed E-state index contributed by atoms with van der Waals surface area (Å²) < 4.78 is 68.7. The third-order valence-corrected chi connectivity index (χ3v) is 20.9. The van der Waals surface area contributed by atoms with Crippen molar-refractivity contribution in [1.29, 1.82) is 0 Å². The number of phosphoric acid groups is 2. The maximum Gasteiger partial charge on any atom is 0.472 e. The molecule has 99 heavy (non-hydrogen) atoms. The van der Waals surface area contributed by atoms with Gasteiger partial charge in [-0.05, 0) is 43.4 Å². The zero-order valence-electron chi connectivity index (χ0n) is 65.0. The topological polar surface area (TPSA) is 237 Å². The molecule has 0 aromatic rings. The van der Waals surface area contributed by atoms with Gasteiger partial charge in [0.15, 0.2) is 12.2 Å². The summed E-state index contributed by atoms with van der Waals surface area (Å²) in [7, 11) is -9.92. The Morgan fingerprint density at radius 2 is 0.515 bits per heavy atom. The lowest BCUT2D eigenvalue weighted by Gasteiger charge is -2.21. The molecule has 0 saturated carbocycles. The summed E-state index contributed by atoms with van der Waals surface area (Å²) in [4.78, 5) is 73.0. The molecule has 0 aliphatic heterocycles. The molecule has 3 unspecified atom stereocenters. The minimum absolute atomic E-state index is 0.106. The number of rotatable bonds is 78. The molecule has 0 aliphatic rings. The first-order chi connectivity index (χ1) is 47.8. The number of hydrogen-bond acceptors (Lipinski definition) is 15. The van der Waals surface area contributed by atoms with Crippen molar-refractivity contribution in [3.05, 3.63) is 0 Å². The number of carbonyl (C=O) groups is 4. The van der Waals surface area contributed by atoms with Gasteiger partial charge in [-0.25, -0.2) is 9.13 Å². The predicted octanol–water partition coefficient (Wildman–Crippen LogP) is 23.7. The normalized spacial score (nSPS) is 14.3. The van der Waals surface area contributed by atoms with Crippen LogP contribution in [-0.2, 0) is 65.4 Å². The minimum atomic E-state index is -4.96. The second kappa shape index (κ2) is 70.4. The van der Waals surface area contributed by atoms with Crippen LogP contribution in [0.3, 0.4) is 0 Å². The second-order valence-electron chi connectivity index (χ2n) is 30.0. The van der Waals surface area contributed by atoms with Crippen LogP contribution < -0.4 is 0 Å². The van der Waals surface area contributed by atoms with Crippen molar-refractivity contribution in [2.75, 3.05) is 39.6 Å². The van der Waals surface area contributed by atoms with Gasteiger partial charge in [-0.3, -0.25) is 37.3 Å². The lowest BCUT2D eigenvalue weighted by molar-refractivity contribution is -0.161. The van der Waals surface area contributed by atoms with E-state index in [1.807, 2.05) is 0 Å². The van der Waals surface area contributed by atoms with E-state index in [1.165, 1.54) is 225 Å². The lowest BCUT2D eigenvalue weighted by Crippen LogP contribution is -2.30. The van der Waals surface area contributed by atoms with Gasteiger partial charge in [0.25, 0.3) is 0 Å². The number of carbonyl (C=O) groups excluding carboxylic acids is 4. The Balaban J connectivity index is 5.24. The van der Waals surface area contributed by atoms with Crippen LogP contribution in [0, 0.1) is 17.8 Å². The molecule has 0 radical (unpaired) electrons. The van der Waals surface area contributed by atoms with Gasteiger partial charge < -0.3 is 33.8 Å². The number of esters is 4. The first-order valence-electron chi connectivity index (χ1n) is 41.4. The Morgan fingerprint density at radius 3 is 0.768 bits per heavy atom. The molecule has 0 aromatic heterocycles. The highest BCUT2D eigenvalue weighted by molar-refractivity contribution is 7.47. The van der Waals surface area contributed by atoms with E-state index in [4.69, 9.17) is 37.0 Å². The summed E-state index contributed by atoms with van der Waals surface area (Å²) in [6, 6.07) is 0. The Morgan fingerprint density at radius 1 is 0.293 bits per heavy atom. The molecule has 0 rings (SSSR count). The van der Waals surface area contributed by atoms with Crippen molar-refractivity contribution in [1.82, 2.24) is 0 Å². The van der Waals surface area contributed by atoms with Crippen molar-refractivity contribution in [2.45, 2.75) is 433 Å². The molecule has 0 fully saturated rings. The molecule has 588 valence electrons. The summed E-state index contributed by atoms with van der Waals surface area (Å²) in [6.45, 7) is 12.0. The average Bonchev–Trinajstić information content (AvgIpc) is 1.04. The summed E-state index contributed by atoms with van der Waals surface area (Å²) in [5, 5.41) is 10.6. The van der Waals surface area contributed by atoms with Crippen LogP contribution in [0.2, 0.25) is 0 Å². The molecule has 0 amide bonds. The minimum Gasteiger partial charge on any atom is -0.462 e. The predicted molar refractivity (Wildman–Crippen MR) is 405 cm³/mol. The molecule has 0 aliphatic carbocycles. The number of ether oxygens (including phenoxy) is 4. The van der Waals surface area contributed by atoms with Gasteiger partial charge in [0.05, 0.1) is 26.4 Å². The van der Waals surface area contributed by atoms with Crippen LogP contribution >= 0.6 is 15.6 Å². The number of aliphatic hydroxyl groups excluding tert-OH is 1. The van der Waals surface area contributed by atoms with Gasteiger partial charge in [0.1, 0.15) is 19.3 Å². The monoisotopic (exact) mass is 1450 g/mol. The third-order valence-electron chi connectivity index (χ3n) is 19.0. The van der Waals surface area contributed by atoms with Crippen LogP contribution in [0.15, 0.2) is 0 Å².